The Kier molecular flexibility index (Phi) is 4.93. The Labute approximate surface area is 118 Å². The normalized spacial score (nSPS) is 10.7. The molecule has 3 nitrogen and oxygen atoms in total. The summed E-state index contributed by atoms with van der Waals surface area (Å²) in [5.74, 6) is 0.918. The molecule has 0 bridgehead atoms. The van der Waals surface area contributed by atoms with Gasteiger partial charge in [0.2, 0.25) is 0 Å². The van der Waals surface area contributed by atoms with Gasteiger partial charge in [-0.05, 0) is 43.7 Å². The molecular weight excluding hydrogens is 256 g/mol. The Hall–Kier alpha value is -1.39. The quantitative estimate of drug-likeness (QED) is 0.877. The van der Waals surface area contributed by atoms with Gasteiger partial charge in [-0.15, -0.1) is 11.3 Å². The van der Waals surface area contributed by atoms with E-state index in [9.17, 15) is 0 Å². The highest BCUT2D eigenvalue weighted by atomic mass is 32.1. The summed E-state index contributed by atoms with van der Waals surface area (Å²) in [6, 6.07) is 6.26. The number of hydrogen-bond donors (Lipinski definition) is 1. The average molecular weight is 276 g/mol. The van der Waals surface area contributed by atoms with E-state index in [1.165, 1.54) is 11.1 Å². The van der Waals surface area contributed by atoms with Crippen LogP contribution in [0.5, 0.6) is 5.75 Å². The molecule has 19 heavy (non-hydrogen) atoms. The minimum Gasteiger partial charge on any atom is -0.486 e. The third-order valence-electron chi connectivity index (χ3n) is 2.71. The molecule has 0 aliphatic heterocycles. The number of aryl methyl sites for hydroxylation is 2. The monoisotopic (exact) mass is 276 g/mol. The summed E-state index contributed by atoms with van der Waals surface area (Å²) in [7, 11) is 0. The lowest BCUT2D eigenvalue weighted by atomic mass is 10.1. The van der Waals surface area contributed by atoms with Crippen molar-refractivity contribution in [1.82, 2.24) is 10.3 Å². The topological polar surface area (TPSA) is 34.1 Å². The Morgan fingerprint density at radius 3 is 2.63 bits per heavy atom. The van der Waals surface area contributed by atoms with Crippen molar-refractivity contribution in [2.24, 2.45) is 0 Å². The van der Waals surface area contributed by atoms with Gasteiger partial charge in [0.15, 0.2) is 0 Å². The second-order valence-corrected chi connectivity index (χ2v) is 5.57. The molecule has 0 atom stereocenters. The Morgan fingerprint density at radius 1 is 1.21 bits per heavy atom. The molecule has 0 saturated heterocycles. The highest BCUT2D eigenvalue weighted by Gasteiger charge is 2.03. The predicted molar refractivity (Wildman–Crippen MR) is 79.7 cm³/mol. The third-order valence-corrected chi connectivity index (χ3v) is 3.58. The fraction of sp³-hybridized carbons (Fsp3) is 0.400. The molecule has 0 spiro atoms. The van der Waals surface area contributed by atoms with Crippen LogP contribution in [0.3, 0.4) is 0 Å². The molecule has 0 aliphatic carbocycles. The van der Waals surface area contributed by atoms with Gasteiger partial charge in [0.05, 0.1) is 5.69 Å². The molecule has 0 aliphatic rings. The Balaban J connectivity index is 1.92. The summed E-state index contributed by atoms with van der Waals surface area (Å²) in [5.41, 5.74) is 3.54. The van der Waals surface area contributed by atoms with Crippen LogP contribution >= 0.6 is 11.3 Å². The van der Waals surface area contributed by atoms with E-state index in [2.05, 4.69) is 54.7 Å². The van der Waals surface area contributed by atoms with Crippen molar-refractivity contribution in [3.05, 3.63) is 45.4 Å². The van der Waals surface area contributed by atoms with Crippen LogP contribution in [0.15, 0.2) is 23.6 Å². The zero-order valence-corrected chi connectivity index (χ0v) is 12.5. The molecule has 4 heteroatoms. The lowest BCUT2D eigenvalue weighted by Crippen LogP contribution is -2.12. The van der Waals surface area contributed by atoms with E-state index in [1.54, 1.807) is 11.3 Å². The Bertz CT molecular complexity index is 516. The SMILES string of the molecule is CCNCc1csc(COc2cc(C)cc(C)c2)n1. The number of hydrogen-bond acceptors (Lipinski definition) is 4. The minimum absolute atomic E-state index is 0.541. The third kappa shape index (κ3) is 4.33. The first-order chi connectivity index (χ1) is 9.17. The van der Waals surface area contributed by atoms with Gasteiger partial charge < -0.3 is 10.1 Å². The fourth-order valence-electron chi connectivity index (χ4n) is 1.91. The number of rotatable bonds is 6. The van der Waals surface area contributed by atoms with Crippen molar-refractivity contribution in [3.8, 4) is 5.75 Å². The van der Waals surface area contributed by atoms with E-state index in [0.29, 0.717) is 6.61 Å². The number of ether oxygens (including phenoxy) is 1. The summed E-state index contributed by atoms with van der Waals surface area (Å²) in [6.45, 7) is 8.59. The van der Waals surface area contributed by atoms with E-state index < -0.39 is 0 Å². The molecule has 1 aromatic carbocycles. The molecular formula is C15H20N2OS. The van der Waals surface area contributed by atoms with Crippen molar-refractivity contribution in [1.29, 1.82) is 0 Å². The van der Waals surface area contributed by atoms with E-state index >= 15 is 0 Å². The second-order valence-electron chi connectivity index (χ2n) is 4.63. The summed E-state index contributed by atoms with van der Waals surface area (Å²) >= 11 is 1.65. The zero-order chi connectivity index (χ0) is 13.7. The lowest BCUT2D eigenvalue weighted by molar-refractivity contribution is 0.305. The summed E-state index contributed by atoms with van der Waals surface area (Å²) in [6.07, 6.45) is 0. The predicted octanol–water partition coefficient (Wildman–Crippen LogP) is 3.45. The zero-order valence-electron chi connectivity index (χ0n) is 11.7. The number of benzene rings is 1. The van der Waals surface area contributed by atoms with Gasteiger partial charge in [0, 0.05) is 11.9 Å². The lowest BCUT2D eigenvalue weighted by Gasteiger charge is -2.06. The molecule has 1 aromatic heterocycles. The van der Waals surface area contributed by atoms with Crippen LogP contribution in [0, 0.1) is 13.8 Å². The van der Waals surface area contributed by atoms with Gasteiger partial charge in [-0.1, -0.05) is 13.0 Å². The van der Waals surface area contributed by atoms with E-state index in [0.717, 1.165) is 29.5 Å². The van der Waals surface area contributed by atoms with Crippen LogP contribution in [-0.2, 0) is 13.2 Å². The number of aromatic nitrogens is 1. The maximum absolute atomic E-state index is 5.80. The molecule has 102 valence electrons. The van der Waals surface area contributed by atoms with Crippen LogP contribution in [0.2, 0.25) is 0 Å². The van der Waals surface area contributed by atoms with Crippen LogP contribution in [0.25, 0.3) is 0 Å². The summed E-state index contributed by atoms with van der Waals surface area (Å²) in [5, 5.41) is 6.38. The molecule has 0 amide bonds. The molecule has 1 N–H and O–H groups in total. The summed E-state index contributed by atoms with van der Waals surface area (Å²) < 4.78 is 5.80. The minimum atomic E-state index is 0.541. The van der Waals surface area contributed by atoms with Crippen molar-refractivity contribution >= 4 is 11.3 Å². The number of nitrogens with one attached hydrogen (secondary N) is 1. The highest BCUT2D eigenvalue weighted by Crippen LogP contribution is 2.18. The van der Waals surface area contributed by atoms with E-state index in [-0.39, 0.29) is 0 Å². The molecule has 0 radical (unpaired) electrons. The molecule has 2 rings (SSSR count). The number of nitrogens with zero attached hydrogens (tertiary/aromatic N) is 1. The molecule has 0 fully saturated rings. The maximum atomic E-state index is 5.80. The van der Waals surface area contributed by atoms with E-state index in [4.69, 9.17) is 4.74 Å². The first-order valence-corrected chi connectivity index (χ1v) is 7.40. The van der Waals surface area contributed by atoms with Crippen LogP contribution in [-0.4, -0.2) is 11.5 Å². The molecule has 1 heterocycles. The standard InChI is InChI=1S/C15H20N2OS/c1-4-16-8-13-10-19-15(17-13)9-18-14-6-11(2)5-12(3)7-14/h5-7,10,16H,4,8-9H2,1-3H3. The Morgan fingerprint density at radius 2 is 1.95 bits per heavy atom. The van der Waals surface area contributed by atoms with Gasteiger partial charge >= 0.3 is 0 Å². The van der Waals surface area contributed by atoms with Crippen molar-refractivity contribution in [2.75, 3.05) is 6.54 Å². The van der Waals surface area contributed by atoms with Crippen LogP contribution < -0.4 is 10.1 Å². The van der Waals surface area contributed by atoms with Gasteiger partial charge in [-0.3, -0.25) is 0 Å². The highest BCUT2D eigenvalue weighted by molar-refractivity contribution is 7.09. The molecule has 0 unspecified atom stereocenters. The number of thiazole rings is 1. The van der Waals surface area contributed by atoms with E-state index in [1.807, 2.05) is 0 Å². The average Bonchev–Trinajstić information content (AvgIpc) is 2.81. The van der Waals surface area contributed by atoms with Crippen molar-refractivity contribution in [3.63, 3.8) is 0 Å². The molecule has 2 aromatic rings. The van der Waals surface area contributed by atoms with Crippen LogP contribution in [0.4, 0.5) is 0 Å². The maximum Gasteiger partial charge on any atom is 0.140 e. The first kappa shape index (κ1) is 14.0. The van der Waals surface area contributed by atoms with Gasteiger partial charge in [-0.2, -0.15) is 0 Å². The largest absolute Gasteiger partial charge is 0.486 e. The van der Waals surface area contributed by atoms with Crippen molar-refractivity contribution in [2.45, 2.75) is 33.9 Å². The smallest absolute Gasteiger partial charge is 0.140 e. The van der Waals surface area contributed by atoms with Crippen LogP contribution in [0.1, 0.15) is 28.8 Å². The van der Waals surface area contributed by atoms with Crippen molar-refractivity contribution < 1.29 is 4.74 Å². The van der Waals surface area contributed by atoms with Gasteiger partial charge in [0.25, 0.3) is 0 Å². The fourth-order valence-corrected chi connectivity index (χ4v) is 2.62. The molecule has 0 saturated carbocycles. The second kappa shape index (κ2) is 6.68. The van der Waals surface area contributed by atoms with Gasteiger partial charge in [0.1, 0.15) is 17.4 Å². The summed E-state index contributed by atoms with van der Waals surface area (Å²) in [4.78, 5) is 4.54. The first-order valence-electron chi connectivity index (χ1n) is 6.52. The van der Waals surface area contributed by atoms with Gasteiger partial charge in [-0.25, -0.2) is 4.98 Å².